The molecule has 2 rings (SSSR count). The molecular formula is C9H15NO2. The van der Waals surface area contributed by atoms with Crippen molar-refractivity contribution in [2.75, 3.05) is 0 Å². The molecule has 1 aliphatic heterocycles. The monoisotopic (exact) mass is 169 g/mol. The van der Waals surface area contributed by atoms with Gasteiger partial charge in [-0.05, 0) is 32.1 Å². The van der Waals surface area contributed by atoms with Crippen molar-refractivity contribution in [1.29, 1.82) is 0 Å². The predicted octanol–water partition coefficient (Wildman–Crippen LogP) is 0.963. The van der Waals surface area contributed by atoms with E-state index in [0.29, 0.717) is 6.42 Å². The van der Waals surface area contributed by atoms with Crippen LogP contribution < -0.4 is 5.73 Å². The van der Waals surface area contributed by atoms with E-state index in [1.165, 1.54) is 0 Å². The van der Waals surface area contributed by atoms with Gasteiger partial charge in [0.25, 0.3) is 0 Å². The van der Waals surface area contributed by atoms with Crippen molar-refractivity contribution in [3.05, 3.63) is 0 Å². The Kier molecular flexibility index (Phi) is 1.83. The summed E-state index contributed by atoms with van der Waals surface area (Å²) in [5.41, 5.74) is 6.02. The average Bonchev–Trinajstić information content (AvgIpc) is 2.60. The Morgan fingerprint density at radius 1 is 1.58 bits per heavy atom. The molecule has 0 aromatic heterocycles. The maximum absolute atomic E-state index is 10.7. The smallest absolute Gasteiger partial charge is 0.306 e. The molecule has 1 heterocycles. The lowest BCUT2D eigenvalue weighted by atomic mass is 10.1. The third kappa shape index (κ3) is 1.78. The normalized spacial score (nSPS) is 31.8. The maximum Gasteiger partial charge on any atom is 0.306 e. The largest absolute Gasteiger partial charge is 0.462 e. The second-order valence-electron chi connectivity index (χ2n) is 4.05. The van der Waals surface area contributed by atoms with Gasteiger partial charge in [0, 0.05) is 12.0 Å². The Balaban J connectivity index is 1.70. The first-order valence-electron chi connectivity index (χ1n) is 4.66. The average molecular weight is 169 g/mol. The summed E-state index contributed by atoms with van der Waals surface area (Å²) in [6.07, 6.45) is 5.93. The van der Waals surface area contributed by atoms with E-state index in [4.69, 9.17) is 10.5 Å². The summed E-state index contributed by atoms with van der Waals surface area (Å²) in [5.74, 6) is -0.0399. The fourth-order valence-electron chi connectivity index (χ4n) is 1.64. The van der Waals surface area contributed by atoms with Crippen molar-refractivity contribution in [3.63, 3.8) is 0 Å². The molecule has 0 aromatic rings. The number of carbonyl (C=O) groups is 1. The summed E-state index contributed by atoms with van der Waals surface area (Å²) in [7, 11) is 0. The van der Waals surface area contributed by atoms with Crippen molar-refractivity contribution in [3.8, 4) is 0 Å². The summed E-state index contributed by atoms with van der Waals surface area (Å²) in [4.78, 5) is 10.7. The summed E-state index contributed by atoms with van der Waals surface area (Å²) in [6.45, 7) is 0. The lowest BCUT2D eigenvalue weighted by Crippen LogP contribution is -2.23. The van der Waals surface area contributed by atoms with Crippen LogP contribution in [0.1, 0.15) is 38.5 Å². The van der Waals surface area contributed by atoms with Gasteiger partial charge in [0.15, 0.2) is 0 Å². The molecule has 1 aliphatic carbocycles. The van der Waals surface area contributed by atoms with Crippen LogP contribution in [0.25, 0.3) is 0 Å². The van der Waals surface area contributed by atoms with E-state index in [1.807, 2.05) is 0 Å². The summed E-state index contributed by atoms with van der Waals surface area (Å²) >= 11 is 0. The van der Waals surface area contributed by atoms with Crippen LogP contribution in [0, 0.1) is 0 Å². The second-order valence-corrected chi connectivity index (χ2v) is 4.05. The molecule has 3 heteroatoms. The van der Waals surface area contributed by atoms with Crippen molar-refractivity contribution >= 4 is 5.97 Å². The van der Waals surface area contributed by atoms with Crippen LogP contribution in [0.3, 0.4) is 0 Å². The third-order valence-electron chi connectivity index (χ3n) is 2.82. The highest BCUT2D eigenvalue weighted by atomic mass is 16.5. The molecule has 2 fully saturated rings. The van der Waals surface area contributed by atoms with E-state index in [-0.39, 0.29) is 17.6 Å². The molecule has 0 amide bonds. The van der Waals surface area contributed by atoms with E-state index in [1.54, 1.807) is 0 Å². The molecule has 12 heavy (non-hydrogen) atoms. The lowest BCUT2D eigenvalue weighted by Gasteiger charge is -2.12. The van der Waals surface area contributed by atoms with E-state index in [9.17, 15) is 4.79 Å². The van der Waals surface area contributed by atoms with Gasteiger partial charge in [-0.3, -0.25) is 4.79 Å². The molecule has 68 valence electrons. The molecule has 3 nitrogen and oxygen atoms in total. The zero-order valence-corrected chi connectivity index (χ0v) is 7.21. The van der Waals surface area contributed by atoms with Gasteiger partial charge in [0.1, 0.15) is 6.10 Å². The zero-order valence-electron chi connectivity index (χ0n) is 7.21. The molecule has 2 N–H and O–H groups in total. The van der Waals surface area contributed by atoms with Gasteiger partial charge in [-0.25, -0.2) is 0 Å². The standard InChI is InChI=1S/C9H15NO2/c10-9(5-6-9)4-3-7-1-2-8(11)12-7/h7H,1-6,10H2. The van der Waals surface area contributed by atoms with Crippen molar-refractivity contribution in [1.82, 2.24) is 0 Å². The Bertz CT molecular complexity index is 199. The van der Waals surface area contributed by atoms with Crippen LogP contribution >= 0.6 is 0 Å². The predicted molar refractivity (Wildman–Crippen MR) is 44.5 cm³/mol. The number of cyclic esters (lactones) is 1. The summed E-state index contributed by atoms with van der Waals surface area (Å²) < 4.78 is 5.09. The topological polar surface area (TPSA) is 52.3 Å². The Labute approximate surface area is 72.3 Å². The van der Waals surface area contributed by atoms with Crippen LogP contribution in [0.5, 0.6) is 0 Å². The Morgan fingerprint density at radius 2 is 2.33 bits per heavy atom. The molecule has 1 atom stereocenters. The van der Waals surface area contributed by atoms with Gasteiger partial charge < -0.3 is 10.5 Å². The first-order chi connectivity index (χ1) is 5.68. The number of esters is 1. The minimum absolute atomic E-state index is 0.0399. The molecule has 1 unspecified atom stereocenters. The number of nitrogens with two attached hydrogens (primary N) is 1. The minimum atomic E-state index is -0.0399. The summed E-state index contributed by atoms with van der Waals surface area (Å²) in [6, 6.07) is 0. The fourth-order valence-corrected chi connectivity index (χ4v) is 1.64. The summed E-state index contributed by atoms with van der Waals surface area (Å²) in [5, 5.41) is 0. The maximum atomic E-state index is 10.7. The van der Waals surface area contributed by atoms with Gasteiger partial charge in [0.05, 0.1) is 0 Å². The molecule has 0 spiro atoms. The highest BCUT2D eigenvalue weighted by Gasteiger charge is 2.38. The number of rotatable bonds is 3. The number of carbonyl (C=O) groups excluding carboxylic acids is 1. The van der Waals surface area contributed by atoms with Gasteiger partial charge in [-0.2, -0.15) is 0 Å². The second kappa shape index (κ2) is 2.73. The highest BCUT2D eigenvalue weighted by Crippen LogP contribution is 2.37. The fraction of sp³-hybridized carbons (Fsp3) is 0.889. The van der Waals surface area contributed by atoms with E-state index in [0.717, 1.165) is 32.1 Å². The van der Waals surface area contributed by atoms with Crippen molar-refractivity contribution < 1.29 is 9.53 Å². The molecule has 0 bridgehead atoms. The molecular weight excluding hydrogens is 154 g/mol. The minimum Gasteiger partial charge on any atom is -0.462 e. The van der Waals surface area contributed by atoms with Crippen molar-refractivity contribution in [2.24, 2.45) is 5.73 Å². The Hall–Kier alpha value is -0.570. The van der Waals surface area contributed by atoms with Gasteiger partial charge in [-0.15, -0.1) is 0 Å². The lowest BCUT2D eigenvalue weighted by molar-refractivity contribution is -0.141. The molecule has 0 radical (unpaired) electrons. The Morgan fingerprint density at radius 3 is 2.83 bits per heavy atom. The van der Waals surface area contributed by atoms with Crippen molar-refractivity contribution in [2.45, 2.75) is 50.2 Å². The van der Waals surface area contributed by atoms with E-state index < -0.39 is 0 Å². The molecule has 1 saturated carbocycles. The van der Waals surface area contributed by atoms with Crippen LogP contribution in [-0.4, -0.2) is 17.6 Å². The number of hydrogen-bond donors (Lipinski definition) is 1. The zero-order chi connectivity index (χ0) is 8.60. The van der Waals surface area contributed by atoms with Gasteiger partial charge in [-0.1, -0.05) is 0 Å². The third-order valence-corrected chi connectivity index (χ3v) is 2.82. The molecule has 2 aliphatic rings. The van der Waals surface area contributed by atoms with Crippen LogP contribution in [0.2, 0.25) is 0 Å². The SMILES string of the molecule is NC1(CCC2CCC(=O)O2)CC1. The highest BCUT2D eigenvalue weighted by molar-refractivity contribution is 5.71. The quantitative estimate of drug-likeness (QED) is 0.640. The first kappa shape index (κ1) is 8.05. The number of ether oxygens (including phenoxy) is 1. The first-order valence-corrected chi connectivity index (χ1v) is 4.66. The van der Waals surface area contributed by atoms with E-state index >= 15 is 0 Å². The van der Waals surface area contributed by atoms with Crippen LogP contribution in [0.4, 0.5) is 0 Å². The van der Waals surface area contributed by atoms with Gasteiger partial charge in [0.2, 0.25) is 0 Å². The van der Waals surface area contributed by atoms with E-state index in [2.05, 4.69) is 0 Å². The van der Waals surface area contributed by atoms with Crippen LogP contribution in [-0.2, 0) is 9.53 Å². The number of hydrogen-bond acceptors (Lipinski definition) is 3. The molecule has 0 aromatic carbocycles. The van der Waals surface area contributed by atoms with Gasteiger partial charge >= 0.3 is 5.97 Å². The van der Waals surface area contributed by atoms with Crippen LogP contribution in [0.15, 0.2) is 0 Å². The molecule has 1 saturated heterocycles.